The van der Waals surface area contributed by atoms with Crippen molar-refractivity contribution in [1.29, 1.82) is 0 Å². The first-order chi connectivity index (χ1) is 10.7. The van der Waals surface area contributed by atoms with Crippen molar-refractivity contribution in [3.8, 4) is 0 Å². The summed E-state index contributed by atoms with van der Waals surface area (Å²) < 4.78 is 37.5. The molecule has 0 fully saturated rings. The van der Waals surface area contributed by atoms with Crippen molar-refractivity contribution in [2.24, 2.45) is 10.7 Å². The quantitative estimate of drug-likeness (QED) is 0.656. The number of nitrogens with one attached hydrogen (secondary N) is 1. The molecule has 0 aliphatic carbocycles. The molecule has 122 valence electrons. The molecular weight excluding hydrogens is 303 g/mol. The minimum absolute atomic E-state index is 0.210. The zero-order chi connectivity index (χ0) is 17.0. The van der Waals surface area contributed by atoms with E-state index in [4.69, 9.17) is 5.73 Å². The third-order valence-corrected chi connectivity index (χ3v) is 3.21. The summed E-state index contributed by atoms with van der Waals surface area (Å²) in [5.41, 5.74) is 8.82. The Hall–Kier alpha value is -2.50. The number of anilines is 1. The number of halogens is 3. The van der Waals surface area contributed by atoms with Crippen molar-refractivity contribution in [3.05, 3.63) is 64.7 Å². The van der Waals surface area contributed by atoms with Crippen LogP contribution >= 0.6 is 0 Å². The molecule has 0 aromatic heterocycles. The van der Waals surface area contributed by atoms with Gasteiger partial charge >= 0.3 is 6.18 Å². The topological polar surface area (TPSA) is 50.4 Å². The van der Waals surface area contributed by atoms with Gasteiger partial charge in [-0.3, -0.25) is 0 Å². The van der Waals surface area contributed by atoms with E-state index in [0.717, 1.165) is 28.9 Å². The molecular formula is C17H18F3N3. The molecule has 0 aliphatic heterocycles. The van der Waals surface area contributed by atoms with Crippen LogP contribution in [-0.2, 0) is 12.7 Å². The van der Waals surface area contributed by atoms with Crippen LogP contribution in [0.25, 0.3) is 0 Å². The number of nitrogens with two attached hydrogens (primary N) is 1. The van der Waals surface area contributed by atoms with Crippen molar-refractivity contribution >= 4 is 11.6 Å². The molecule has 0 heterocycles. The molecule has 0 aliphatic rings. The van der Waals surface area contributed by atoms with Gasteiger partial charge in [0.25, 0.3) is 0 Å². The lowest BCUT2D eigenvalue weighted by Gasteiger charge is -2.09. The van der Waals surface area contributed by atoms with Crippen molar-refractivity contribution in [2.75, 3.05) is 5.32 Å². The molecule has 0 atom stereocenters. The predicted octanol–water partition coefficient (Wildman–Crippen LogP) is 4.25. The summed E-state index contributed by atoms with van der Waals surface area (Å²) in [6.45, 7) is 4.17. The van der Waals surface area contributed by atoms with Gasteiger partial charge in [-0.1, -0.05) is 18.2 Å². The van der Waals surface area contributed by atoms with E-state index >= 15 is 0 Å². The van der Waals surface area contributed by atoms with Crippen molar-refractivity contribution < 1.29 is 13.2 Å². The first-order valence-corrected chi connectivity index (χ1v) is 7.05. The Morgan fingerprint density at radius 3 is 2.13 bits per heavy atom. The number of aliphatic imine (C=N–C) groups is 1. The van der Waals surface area contributed by atoms with E-state index in [9.17, 15) is 13.2 Å². The fraction of sp³-hybridized carbons (Fsp3) is 0.235. The first-order valence-electron chi connectivity index (χ1n) is 7.05. The van der Waals surface area contributed by atoms with Gasteiger partial charge < -0.3 is 11.1 Å². The molecule has 23 heavy (non-hydrogen) atoms. The Balaban J connectivity index is 2.01. The molecule has 0 saturated heterocycles. The molecule has 0 amide bonds. The Morgan fingerprint density at radius 2 is 1.61 bits per heavy atom. The SMILES string of the molecule is Cc1cc(C)cc(NC(N)=NCc2ccc(C(F)(F)F)cc2)c1. The third kappa shape index (κ3) is 5.02. The first kappa shape index (κ1) is 16.9. The van der Waals surface area contributed by atoms with E-state index < -0.39 is 11.7 Å². The van der Waals surface area contributed by atoms with Gasteiger partial charge in [-0.15, -0.1) is 0 Å². The maximum atomic E-state index is 12.5. The fourth-order valence-electron chi connectivity index (χ4n) is 2.21. The van der Waals surface area contributed by atoms with Crippen LogP contribution in [0.4, 0.5) is 18.9 Å². The molecule has 3 nitrogen and oxygen atoms in total. The van der Waals surface area contributed by atoms with E-state index in [1.54, 1.807) is 0 Å². The second kappa shape index (κ2) is 6.73. The fourth-order valence-corrected chi connectivity index (χ4v) is 2.21. The number of nitrogens with zero attached hydrogens (tertiary/aromatic N) is 1. The number of rotatable bonds is 3. The largest absolute Gasteiger partial charge is 0.416 e. The molecule has 0 radical (unpaired) electrons. The highest BCUT2D eigenvalue weighted by atomic mass is 19.4. The molecule has 2 rings (SSSR count). The van der Waals surface area contributed by atoms with Crippen LogP contribution in [0.3, 0.4) is 0 Å². The summed E-state index contributed by atoms with van der Waals surface area (Å²) in [6.07, 6.45) is -4.33. The Morgan fingerprint density at radius 1 is 1.04 bits per heavy atom. The maximum Gasteiger partial charge on any atom is 0.416 e. The summed E-state index contributed by atoms with van der Waals surface area (Å²) in [5.74, 6) is 0.217. The molecule has 3 N–H and O–H groups in total. The van der Waals surface area contributed by atoms with E-state index in [1.165, 1.54) is 12.1 Å². The summed E-state index contributed by atoms with van der Waals surface area (Å²) in [6, 6.07) is 10.8. The van der Waals surface area contributed by atoms with Crippen molar-refractivity contribution in [2.45, 2.75) is 26.6 Å². The van der Waals surface area contributed by atoms with Crippen molar-refractivity contribution in [1.82, 2.24) is 0 Å². The molecule has 2 aromatic carbocycles. The summed E-state index contributed by atoms with van der Waals surface area (Å²) in [5, 5.41) is 2.98. The Labute approximate surface area is 133 Å². The minimum Gasteiger partial charge on any atom is -0.370 e. The normalized spacial score (nSPS) is 12.3. The van der Waals surface area contributed by atoms with Crippen LogP contribution in [0.1, 0.15) is 22.3 Å². The Bertz CT molecular complexity index is 684. The third-order valence-electron chi connectivity index (χ3n) is 3.21. The van der Waals surface area contributed by atoms with Gasteiger partial charge in [0, 0.05) is 5.69 Å². The average molecular weight is 321 g/mol. The summed E-state index contributed by atoms with van der Waals surface area (Å²) in [7, 11) is 0. The number of hydrogen-bond donors (Lipinski definition) is 2. The second-order valence-electron chi connectivity index (χ2n) is 5.40. The van der Waals surface area contributed by atoms with Crippen LogP contribution < -0.4 is 11.1 Å². The molecule has 2 aromatic rings. The standard InChI is InChI=1S/C17H18F3N3/c1-11-7-12(2)9-15(8-11)23-16(21)22-10-13-3-5-14(6-4-13)17(18,19)20/h3-9H,10H2,1-2H3,(H3,21,22,23). The number of hydrogen-bond acceptors (Lipinski definition) is 1. The van der Waals surface area contributed by atoms with Crippen LogP contribution in [0.15, 0.2) is 47.5 Å². The van der Waals surface area contributed by atoms with E-state index in [0.29, 0.717) is 5.56 Å². The van der Waals surface area contributed by atoms with E-state index in [1.807, 2.05) is 32.0 Å². The van der Waals surface area contributed by atoms with Gasteiger partial charge in [0.05, 0.1) is 12.1 Å². The Kier molecular flexibility index (Phi) is 4.93. The molecule has 6 heteroatoms. The minimum atomic E-state index is -4.33. The van der Waals surface area contributed by atoms with Gasteiger partial charge in [0.1, 0.15) is 0 Å². The highest BCUT2D eigenvalue weighted by molar-refractivity contribution is 5.92. The predicted molar refractivity (Wildman–Crippen MR) is 86.3 cm³/mol. The average Bonchev–Trinajstić information content (AvgIpc) is 2.43. The lowest BCUT2D eigenvalue weighted by molar-refractivity contribution is -0.137. The van der Waals surface area contributed by atoms with Gasteiger partial charge in [0.15, 0.2) is 5.96 Å². The number of alkyl halides is 3. The number of guanidine groups is 1. The number of benzene rings is 2. The van der Waals surface area contributed by atoms with E-state index in [2.05, 4.69) is 10.3 Å². The van der Waals surface area contributed by atoms with Crippen LogP contribution in [0.2, 0.25) is 0 Å². The smallest absolute Gasteiger partial charge is 0.370 e. The van der Waals surface area contributed by atoms with E-state index in [-0.39, 0.29) is 12.5 Å². The zero-order valence-corrected chi connectivity index (χ0v) is 12.9. The summed E-state index contributed by atoms with van der Waals surface area (Å²) in [4.78, 5) is 4.14. The second-order valence-corrected chi connectivity index (χ2v) is 5.40. The van der Waals surface area contributed by atoms with Gasteiger partial charge in [-0.05, 0) is 54.8 Å². The molecule has 0 saturated carbocycles. The van der Waals surface area contributed by atoms with Gasteiger partial charge in [0.2, 0.25) is 0 Å². The highest BCUT2D eigenvalue weighted by Gasteiger charge is 2.29. The van der Waals surface area contributed by atoms with Crippen LogP contribution in [0.5, 0.6) is 0 Å². The zero-order valence-electron chi connectivity index (χ0n) is 12.9. The van der Waals surface area contributed by atoms with Crippen LogP contribution in [-0.4, -0.2) is 5.96 Å². The van der Waals surface area contributed by atoms with Crippen LogP contribution in [0, 0.1) is 13.8 Å². The molecule has 0 spiro atoms. The monoisotopic (exact) mass is 321 g/mol. The highest BCUT2D eigenvalue weighted by Crippen LogP contribution is 2.29. The summed E-state index contributed by atoms with van der Waals surface area (Å²) >= 11 is 0. The number of aryl methyl sites for hydroxylation is 2. The lowest BCUT2D eigenvalue weighted by Crippen LogP contribution is -2.22. The molecule has 0 bridgehead atoms. The van der Waals surface area contributed by atoms with Gasteiger partial charge in [-0.2, -0.15) is 13.2 Å². The maximum absolute atomic E-state index is 12.5. The van der Waals surface area contributed by atoms with Gasteiger partial charge in [-0.25, -0.2) is 4.99 Å². The van der Waals surface area contributed by atoms with Crippen molar-refractivity contribution in [3.63, 3.8) is 0 Å². The lowest BCUT2D eigenvalue weighted by atomic mass is 10.1. The molecule has 0 unspecified atom stereocenters.